The minimum Gasteiger partial charge on any atom is -0.353 e. The number of rotatable bonds is 7. The maximum Gasteiger partial charge on any atom is 0.215 e. The molecule has 0 saturated heterocycles. The van der Waals surface area contributed by atoms with Crippen molar-refractivity contribution in [3.63, 3.8) is 0 Å². The monoisotopic (exact) mass is 321 g/mol. The van der Waals surface area contributed by atoms with Crippen molar-refractivity contribution < 1.29 is 8.42 Å². The second-order valence-corrected chi connectivity index (χ2v) is 7.42. The minimum atomic E-state index is -3.35. The summed E-state index contributed by atoms with van der Waals surface area (Å²) in [7, 11) is 2.50. The normalized spacial score (nSPS) is 13.5. The molecule has 1 unspecified atom stereocenters. The van der Waals surface area contributed by atoms with Crippen molar-refractivity contribution in [2.24, 2.45) is 7.05 Å². The fourth-order valence-corrected chi connectivity index (χ4v) is 3.57. The molecule has 0 amide bonds. The molecular formula is C16H23N3O2S. The molecule has 0 radical (unpaired) electrons. The molecule has 0 aliphatic carbocycles. The van der Waals surface area contributed by atoms with Crippen LogP contribution in [0.1, 0.15) is 17.3 Å². The smallest absolute Gasteiger partial charge is 0.215 e. The van der Waals surface area contributed by atoms with E-state index in [2.05, 4.69) is 4.72 Å². The molecule has 1 aromatic heterocycles. The molecule has 1 atom stereocenters. The zero-order chi connectivity index (χ0) is 16.2. The Hall–Kier alpha value is -1.63. The Kier molecular flexibility index (Phi) is 5.39. The fraction of sp³-hybridized carbons (Fsp3) is 0.375. The van der Waals surface area contributed by atoms with Gasteiger partial charge in [-0.05, 0) is 31.8 Å². The first-order chi connectivity index (χ1) is 10.4. The van der Waals surface area contributed by atoms with Crippen molar-refractivity contribution >= 4 is 10.0 Å². The maximum absolute atomic E-state index is 12.2. The molecule has 0 aliphatic heterocycles. The van der Waals surface area contributed by atoms with Crippen LogP contribution < -0.4 is 4.72 Å². The van der Waals surface area contributed by atoms with Gasteiger partial charge in [0.2, 0.25) is 10.0 Å². The summed E-state index contributed by atoms with van der Waals surface area (Å²) in [5.41, 5.74) is 1.86. The lowest BCUT2D eigenvalue weighted by atomic mass is 10.2. The van der Waals surface area contributed by atoms with Gasteiger partial charge in [-0.25, -0.2) is 13.1 Å². The van der Waals surface area contributed by atoms with E-state index in [0.29, 0.717) is 6.54 Å². The Balaban J connectivity index is 2.04. The number of aromatic nitrogens is 1. The van der Waals surface area contributed by atoms with Crippen LogP contribution in [-0.2, 0) is 22.8 Å². The molecule has 5 nitrogen and oxygen atoms in total. The summed E-state index contributed by atoms with van der Waals surface area (Å²) in [6.07, 6.45) is 1.96. The summed E-state index contributed by atoms with van der Waals surface area (Å²) in [6.45, 7) is 0.347. The summed E-state index contributed by atoms with van der Waals surface area (Å²) in [4.78, 5) is 2.01. The Bertz CT molecular complexity index is 693. The first kappa shape index (κ1) is 16.7. The molecule has 6 heteroatoms. The van der Waals surface area contributed by atoms with Crippen LogP contribution in [0.15, 0.2) is 48.7 Å². The van der Waals surface area contributed by atoms with E-state index >= 15 is 0 Å². The van der Waals surface area contributed by atoms with Gasteiger partial charge in [-0.3, -0.25) is 4.90 Å². The fourth-order valence-electron chi connectivity index (χ4n) is 2.42. The van der Waals surface area contributed by atoms with Crippen LogP contribution in [0, 0.1) is 0 Å². The van der Waals surface area contributed by atoms with Crippen molar-refractivity contribution in [1.82, 2.24) is 14.2 Å². The number of nitrogens with zero attached hydrogens (tertiary/aromatic N) is 2. The number of benzene rings is 1. The van der Waals surface area contributed by atoms with Gasteiger partial charge in [0.1, 0.15) is 0 Å². The van der Waals surface area contributed by atoms with Crippen molar-refractivity contribution in [3.05, 3.63) is 59.9 Å². The Morgan fingerprint density at radius 2 is 1.82 bits per heavy atom. The second kappa shape index (κ2) is 7.09. The molecule has 22 heavy (non-hydrogen) atoms. The van der Waals surface area contributed by atoms with Gasteiger partial charge in [0.25, 0.3) is 0 Å². The molecule has 0 fully saturated rings. The van der Waals surface area contributed by atoms with Crippen LogP contribution in [0.2, 0.25) is 0 Å². The highest BCUT2D eigenvalue weighted by Crippen LogP contribution is 2.17. The van der Waals surface area contributed by atoms with Crippen molar-refractivity contribution in [1.29, 1.82) is 0 Å². The average Bonchev–Trinajstić information content (AvgIpc) is 2.85. The van der Waals surface area contributed by atoms with Crippen LogP contribution in [-0.4, -0.2) is 38.5 Å². The third kappa shape index (κ3) is 4.43. The molecule has 1 N–H and O–H groups in total. The van der Waals surface area contributed by atoms with Crippen LogP contribution in [0.25, 0.3) is 0 Å². The largest absolute Gasteiger partial charge is 0.353 e. The molecule has 0 spiro atoms. The SMILES string of the molecule is CN(C)C(CNS(=O)(=O)Cc1ccccc1)c1cccn1C. The van der Waals surface area contributed by atoms with E-state index in [4.69, 9.17) is 0 Å². The van der Waals surface area contributed by atoms with Crippen molar-refractivity contribution in [2.75, 3.05) is 20.6 Å². The third-order valence-electron chi connectivity index (χ3n) is 3.64. The van der Waals surface area contributed by atoms with Crippen LogP contribution in [0.3, 0.4) is 0 Å². The quantitative estimate of drug-likeness (QED) is 0.845. The summed E-state index contributed by atoms with van der Waals surface area (Å²) in [6, 6.07) is 13.2. The number of hydrogen-bond donors (Lipinski definition) is 1. The Labute approximate surface area is 132 Å². The maximum atomic E-state index is 12.2. The summed E-state index contributed by atoms with van der Waals surface area (Å²) in [5, 5.41) is 0. The molecular weight excluding hydrogens is 298 g/mol. The predicted octanol–water partition coefficient (Wildman–Crippen LogP) is 1.75. The highest BCUT2D eigenvalue weighted by atomic mass is 32.2. The highest BCUT2D eigenvalue weighted by molar-refractivity contribution is 7.88. The van der Waals surface area contributed by atoms with E-state index in [1.54, 1.807) is 0 Å². The second-order valence-electron chi connectivity index (χ2n) is 5.62. The molecule has 0 aliphatic rings. The van der Waals surface area contributed by atoms with Gasteiger partial charge in [0.05, 0.1) is 11.8 Å². The van der Waals surface area contributed by atoms with Gasteiger partial charge in [0.15, 0.2) is 0 Å². The van der Waals surface area contributed by atoms with Crippen LogP contribution >= 0.6 is 0 Å². The van der Waals surface area contributed by atoms with Crippen molar-refractivity contribution in [2.45, 2.75) is 11.8 Å². The van der Waals surface area contributed by atoms with E-state index < -0.39 is 10.0 Å². The Morgan fingerprint density at radius 1 is 1.14 bits per heavy atom. The lowest BCUT2D eigenvalue weighted by Gasteiger charge is -2.25. The molecule has 0 bridgehead atoms. The lowest BCUT2D eigenvalue weighted by Crippen LogP contribution is -2.35. The first-order valence-corrected chi connectivity index (χ1v) is 8.83. The van der Waals surface area contributed by atoms with E-state index in [-0.39, 0.29) is 11.8 Å². The van der Waals surface area contributed by atoms with E-state index in [0.717, 1.165) is 11.3 Å². The first-order valence-electron chi connectivity index (χ1n) is 7.18. The van der Waals surface area contributed by atoms with Gasteiger partial charge in [-0.1, -0.05) is 30.3 Å². The number of nitrogens with one attached hydrogen (secondary N) is 1. The van der Waals surface area contributed by atoms with E-state index in [1.807, 2.05) is 79.3 Å². The summed E-state index contributed by atoms with van der Waals surface area (Å²) < 4.78 is 29.2. The van der Waals surface area contributed by atoms with Gasteiger partial charge in [-0.2, -0.15) is 0 Å². The van der Waals surface area contributed by atoms with Gasteiger partial charge in [-0.15, -0.1) is 0 Å². The van der Waals surface area contributed by atoms with Crippen LogP contribution in [0.5, 0.6) is 0 Å². The van der Waals surface area contributed by atoms with Crippen LogP contribution in [0.4, 0.5) is 0 Å². The van der Waals surface area contributed by atoms with E-state index in [1.165, 1.54) is 0 Å². The summed E-state index contributed by atoms with van der Waals surface area (Å²) in [5.74, 6) is 0.00112. The molecule has 1 heterocycles. The minimum absolute atomic E-state index is 0.00112. The third-order valence-corrected chi connectivity index (χ3v) is 4.96. The van der Waals surface area contributed by atoms with Crippen molar-refractivity contribution in [3.8, 4) is 0 Å². The van der Waals surface area contributed by atoms with Gasteiger partial charge >= 0.3 is 0 Å². The zero-order valence-corrected chi connectivity index (χ0v) is 14.0. The topological polar surface area (TPSA) is 54.3 Å². The summed E-state index contributed by atoms with van der Waals surface area (Å²) >= 11 is 0. The number of likely N-dealkylation sites (N-methyl/N-ethyl adjacent to an activating group) is 1. The highest BCUT2D eigenvalue weighted by Gasteiger charge is 2.20. The average molecular weight is 321 g/mol. The molecule has 120 valence electrons. The number of sulfonamides is 1. The lowest BCUT2D eigenvalue weighted by molar-refractivity contribution is 0.289. The Morgan fingerprint density at radius 3 is 2.36 bits per heavy atom. The standard InChI is InChI=1S/C16H23N3O2S/c1-18(2)16(15-10-7-11-19(15)3)12-17-22(20,21)13-14-8-5-4-6-9-14/h4-11,16-17H,12-13H2,1-3H3. The zero-order valence-electron chi connectivity index (χ0n) is 13.2. The van der Waals surface area contributed by atoms with Gasteiger partial charge in [0, 0.05) is 25.5 Å². The number of hydrogen-bond acceptors (Lipinski definition) is 3. The predicted molar refractivity (Wildman–Crippen MR) is 88.9 cm³/mol. The molecule has 2 rings (SSSR count). The number of aryl methyl sites for hydroxylation is 1. The van der Waals surface area contributed by atoms with E-state index in [9.17, 15) is 8.42 Å². The molecule has 1 aromatic carbocycles. The molecule has 0 saturated carbocycles. The van der Waals surface area contributed by atoms with Gasteiger partial charge < -0.3 is 4.57 Å². The molecule has 2 aromatic rings.